The fourth-order valence-corrected chi connectivity index (χ4v) is 1.58. The van der Waals surface area contributed by atoms with Crippen LogP contribution in [0.3, 0.4) is 0 Å². The van der Waals surface area contributed by atoms with E-state index in [4.69, 9.17) is 23.7 Å². The van der Waals surface area contributed by atoms with E-state index in [9.17, 15) is 9.59 Å². The zero-order valence-corrected chi connectivity index (χ0v) is 14.9. The van der Waals surface area contributed by atoms with Gasteiger partial charge in [0, 0.05) is 28.2 Å². The lowest BCUT2D eigenvalue weighted by atomic mass is 10.2. The molecule has 2 amide bonds. The van der Waals surface area contributed by atoms with Crippen LogP contribution in [-0.2, 0) is 9.59 Å². The molecule has 0 heterocycles. The smallest absolute Gasteiger partial charge is 0.250 e. The average molecular weight is 330 g/mol. The van der Waals surface area contributed by atoms with Gasteiger partial charge in [-0.25, -0.2) is 0 Å². The van der Waals surface area contributed by atoms with Gasteiger partial charge in [0.1, 0.15) is 12.2 Å². The summed E-state index contributed by atoms with van der Waals surface area (Å²) in [5.41, 5.74) is 12.4. The molecule has 0 unspecified atom stereocenters. The molecule has 0 radical (unpaired) electrons. The van der Waals surface area contributed by atoms with E-state index in [1.807, 2.05) is 13.8 Å². The van der Waals surface area contributed by atoms with Crippen molar-refractivity contribution in [2.75, 3.05) is 28.2 Å². The Kier molecular flexibility index (Phi) is 7.64. The minimum atomic E-state index is -0.421. The Balaban J connectivity index is 4.86. The van der Waals surface area contributed by atoms with Crippen LogP contribution >= 0.6 is 12.2 Å². The second-order valence-electron chi connectivity index (χ2n) is 4.92. The van der Waals surface area contributed by atoms with E-state index in [1.165, 1.54) is 27.1 Å². The minimum absolute atomic E-state index is 0.0412. The van der Waals surface area contributed by atoms with Crippen LogP contribution < -0.4 is 11.5 Å². The largest absolute Gasteiger partial charge is 0.384 e. The highest BCUT2D eigenvalue weighted by Gasteiger charge is 2.23. The molecule has 0 spiro atoms. The number of nitrogens with two attached hydrogens (primary N) is 2. The van der Waals surface area contributed by atoms with Crippen molar-refractivity contribution in [1.82, 2.24) is 20.0 Å². The summed E-state index contributed by atoms with van der Waals surface area (Å²) in [5.74, 6) is -0.322. The predicted molar refractivity (Wildman–Crippen MR) is 89.6 cm³/mol. The molecule has 0 aliphatic heterocycles. The number of amides is 2. The molecule has 9 heteroatoms. The van der Waals surface area contributed by atoms with Crippen molar-refractivity contribution >= 4 is 29.1 Å². The third-order valence-corrected chi connectivity index (χ3v) is 3.82. The lowest BCUT2D eigenvalue weighted by Gasteiger charge is -2.32. The molecule has 0 bridgehead atoms. The van der Waals surface area contributed by atoms with Gasteiger partial charge in [-0.3, -0.25) is 29.6 Å². The van der Waals surface area contributed by atoms with Gasteiger partial charge in [-0.15, -0.1) is 0 Å². The molecule has 0 aliphatic rings. The number of nitrogens with zero attached hydrogens (tertiary/aromatic N) is 4. The van der Waals surface area contributed by atoms with Crippen LogP contribution in [0.25, 0.3) is 0 Å². The number of hydrogen-bond acceptors (Lipinski definition) is 5. The van der Waals surface area contributed by atoms with Gasteiger partial charge in [0.2, 0.25) is 11.8 Å². The first kappa shape index (κ1) is 20.0. The van der Waals surface area contributed by atoms with Crippen molar-refractivity contribution in [2.24, 2.45) is 11.5 Å². The van der Waals surface area contributed by atoms with Crippen LogP contribution in [-0.4, -0.2) is 65.2 Å². The van der Waals surface area contributed by atoms with Crippen molar-refractivity contribution < 1.29 is 9.59 Å². The van der Waals surface area contributed by atoms with Gasteiger partial charge >= 0.3 is 0 Å². The molecule has 0 atom stereocenters. The maximum atomic E-state index is 12.2. The maximum absolute atomic E-state index is 12.2. The first-order chi connectivity index (χ1) is 10.0. The van der Waals surface area contributed by atoms with Crippen LogP contribution in [0.15, 0.2) is 11.4 Å². The van der Waals surface area contributed by atoms with Gasteiger partial charge in [-0.05, 0) is 31.1 Å². The zero-order chi connectivity index (χ0) is 17.6. The number of allylic oxidation sites excluding steroid dienone is 1. The zero-order valence-electron chi connectivity index (χ0n) is 14.1. The third kappa shape index (κ3) is 5.06. The fourth-order valence-electron chi connectivity index (χ4n) is 1.46. The molecule has 0 aromatic carbocycles. The molecule has 0 aromatic rings. The molecule has 4 N–H and O–H groups in total. The quantitative estimate of drug-likeness (QED) is 0.410. The van der Waals surface area contributed by atoms with E-state index in [0.717, 1.165) is 12.0 Å². The Labute approximate surface area is 137 Å². The van der Waals surface area contributed by atoms with Crippen molar-refractivity contribution in [3.8, 4) is 0 Å². The van der Waals surface area contributed by atoms with E-state index in [1.54, 1.807) is 21.1 Å². The molecule has 0 saturated heterocycles. The first-order valence-electron chi connectivity index (χ1n) is 6.79. The lowest BCUT2D eigenvalue weighted by Crippen LogP contribution is -2.49. The fraction of sp³-hybridized carbons (Fsp3) is 0.615. The monoisotopic (exact) mass is 330 g/mol. The number of carbonyl (C=O) groups excluding carboxylic acids is 2. The second-order valence-corrected chi connectivity index (χ2v) is 5.33. The lowest BCUT2D eigenvalue weighted by molar-refractivity contribution is -0.150. The Hall–Kier alpha value is -2.03. The standard InChI is InChI=1S/C13H26N6O2S/c1-7-9(2)12(14)18(5)16(3)10(20)8-11(21)17(4)19(6)13(15)22/h7-8,14H2,1-6H3,(H2,15,22)/b12-9-. The highest BCUT2D eigenvalue weighted by molar-refractivity contribution is 7.80. The SMILES string of the molecule is CC/C(C)=C(/N)N(C)N(C)C(=O)CC(=O)N(C)N(C)C(N)=S. The molecule has 8 nitrogen and oxygen atoms in total. The number of hydrogen-bond donors (Lipinski definition) is 2. The molecule has 0 aliphatic carbocycles. The van der Waals surface area contributed by atoms with Gasteiger partial charge in [-0.2, -0.15) is 0 Å². The Morgan fingerprint density at radius 2 is 1.32 bits per heavy atom. The minimum Gasteiger partial charge on any atom is -0.384 e. The van der Waals surface area contributed by atoms with Crippen molar-refractivity contribution in [3.63, 3.8) is 0 Å². The van der Waals surface area contributed by atoms with Gasteiger partial charge in [-0.1, -0.05) is 6.92 Å². The summed E-state index contributed by atoms with van der Waals surface area (Å²) in [6, 6.07) is 0. The van der Waals surface area contributed by atoms with Crippen molar-refractivity contribution in [3.05, 3.63) is 11.4 Å². The summed E-state index contributed by atoms with van der Waals surface area (Å²) in [5, 5.41) is 5.36. The van der Waals surface area contributed by atoms with Gasteiger partial charge in [0.05, 0.1) is 0 Å². The average Bonchev–Trinajstić information content (AvgIpc) is 2.49. The first-order valence-corrected chi connectivity index (χ1v) is 7.20. The van der Waals surface area contributed by atoms with Crippen LogP contribution in [0.5, 0.6) is 0 Å². The summed E-state index contributed by atoms with van der Waals surface area (Å²) in [4.78, 5) is 24.2. The van der Waals surface area contributed by atoms with Gasteiger partial charge in [0.25, 0.3) is 0 Å². The molecular weight excluding hydrogens is 304 g/mol. The topological polar surface area (TPSA) is 99.1 Å². The molecule has 126 valence electrons. The molecule has 0 aromatic heterocycles. The normalized spacial score (nSPS) is 11.4. The second kappa shape index (κ2) is 8.42. The summed E-state index contributed by atoms with van der Waals surface area (Å²) in [6.45, 7) is 3.86. The van der Waals surface area contributed by atoms with E-state index < -0.39 is 5.91 Å². The van der Waals surface area contributed by atoms with Crippen molar-refractivity contribution in [2.45, 2.75) is 26.7 Å². The Morgan fingerprint density at radius 1 is 0.909 bits per heavy atom. The molecule has 22 heavy (non-hydrogen) atoms. The number of rotatable bonds is 5. The third-order valence-electron chi connectivity index (χ3n) is 3.56. The van der Waals surface area contributed by atoms with Crippen LogP contribution in [0.2, 0.25) is 0 Å². The van der Waals surface area contributed by atoms with E-state index in [2.05, 4.69) is 0 Å². The Bertz CT molecular complexity index is 479. The molecule has 0 fully saturated rings. The predicted octanol–water partition coefficient (Wildman–Crippen LogP) is -0.169. The van der Waals surface area contributed by atoms with Crippen LogP contribution in [0, 0.1) is 0 Å². The highest BCUT2D eigenvalue weighted by Crippen LogP contribution is 2.09. The number of hydrazine groups is 2. The summed E-state index contributed by atoms with van der Waals surface area (Å²) in [7, 11) is 6.27. The summed E-state index contributed by atoms with van der Waals surface area (Å²) in [6.07, 6.45) is 0.460. The maximum Gasteiger partial charge on any atom is 0.250 e. The molecule has 0 rings (SSSR count). The van der Waals surface area contributed by atoms with Crippen LogP contribution in [0.4, 0.5) is 0 Å². The van der Waals surface area contributed by atoms with Crippen molar-refractivity contribution in [1.29, 1.82) is 0 Å². The molecule has 0 saturated carbocycles. The Morgan fingerprint density at radius 3 is 1.68 bits per heavy atom. The number of thiocarbonyl (C=S) groups is 1. The molecular formula is C13H26N6O2S. The summed E-state index contributed by atoms with van der Waals surface area (Å²) < 4.78 is 0. The highest BCUT2D eigenvalue weighted by atomic mass is 32.1. The van der Waals surface area contributed by atoms with E-state index in [-0.39, 0.29) is 17.4 Å². The van der Waals surface area contributed by atoms with E-state index >= 15 is 0 Å². The summed E-state index contributed by atoms with van der Waals surface area (Å²) >= 11 is 4.78. The van der Waals surface area contributed by atoms with Gasteiger partial charge in [0.15, 0.2) is 5.11 Å². The van der Waals surface area contributed by atoms with E-state index in [0.29, 0.717) is 5.82 Å². The van der Waals surface area contributed by atoms with Crippen LogP contribution in [0.1, 0.15) is 26.7 Å². The number of carbonyl (C=O) groups is 2. The van der Waals surface area contributed by atoms with Gasteiger partial charge < -0.3 is 11.5 Å².